The molecule has 0 aliphatic rings. The van der Waals surface area contributed by atoms with E-state index in [1.165, 1.54) is 55.4 Å². The number of nitrogen functional groups attached to an aromatic ring is 3. The van der Waals surface area contributed by atoms with Gasteiger partial charge in [-0.25, -0.2) is 62.4 Å². The average Bonchev–Trinajstić information content (AvgIpc) is 1.47. The summed E-state index contributed by atoms with van der Waals surface area (Å²) in [6.07, 6.45) is 9.06. The van der Waals surface area contributed by atoms with Crippen LogP contribution in [0.4, 0.5) is 30.6 Å². The summed E-state index contributed by atoms with van der Waals surface area (Å²) in [5, 5.41) is 45.9. The fourth-order valence-electron chi connectivity index (χ4n) is 10.5. The number of hydrogen-bond donors (Lipinski definition) is 4. The third-order valence-corrected chi connectivity index (χ3v) is 15.1. The molecule has 15 aromatic rings. The molecule has 0 bridgehead atoms. The van der Waals surface area contributed by atoms with Gasteiger partial charge in [0.25, 0.3) is 0 Å². The zero-order valence-electron chi connectivity index (χ0n) is 49.5. The fourth-order valence-corrected chi connectivity index (χ4v) is 10.7. The number of nitrogens with one attached hydrogen (secondary N) is 1. The van der Waals surface area contributed by atoms with Gasteiger partial charge in [0.2, 0.25) is 0 Å². The van der Waals surface area contributed by atoms with Crippen LogP contribution in [0, 0.1) is 51.4 Å². The molecule has 0 spiro atoms. The molecule has 1 unspecified atom stereocenters. The smallest absolute Gasteiger partial charge is 0.187 e. The van der Waals surface area contributed by atoms with Gasteiger partial charge >= 0.3 is 0 Å². The summed E-state index contributed by atoms with van der Waals surface area (Å²) < 4.78 is 44.2. The lowest BCUT2D eigenvalue weighted by Crippen LogP contribution is -2.13. The first-order chi connectivity index (χ1) is 45.6. The maximum absolute atomic E-state index is 13.8. The van der Waals surface area contributed by atoms with Crippen LogP contribution >= 0.6 is 11.6 Å². The maximum atomic E-state index is 13.8. The first-order valence-electron chi connectivity index (χ1n) is 28.4. The topological polar surface area (TPSA) is 368 Å². The molecule has 0 aliphatic heterocycles. The van der Waals surface area contributed by atoms with E-state index >= 15 is 0 Å². The van der Waals surface area contributed by atoms with Gasteiger partial charge in [-0.3, -0.25) is 25.0 Å². The highest BCUT2D eigenvalue weighted by Gasteiger charge is 2.27. The molecule has 0 saturated heterocycles. The summed E-state index contributed by atoms with van der Waals surface area (Å²) in [7, 11) is 0. The van der Waals surface area contributed by atoms with Crippen molar-refractivity contribution in [1.29, 1.82) is 15.8 Å². The van der Waals surface area contributed by atoms with Crippen LogP contribution in [-0.4, -0.2) is 89.6 Å². The Labute approximate surface area is 535 Å². The lowest BCUT2D eigenvalue weighted by Gasteiger charge is -2.17. The van der Waals surface area contributed by atoms with E-state index in [0.29, 0.717) is 83.4 Å². The molecule has 0 radical (unpaired) electrons. The number of rotatable bonds is 8. The zero-order valence-corrected chi connectivity index (χ0v) is 50.3. The third kappa shape index (κ3) is 12.1. The minimum Gasteiger partial charge on any atom is -0.383 e. The Bertz CT molecular complexity index is 5270. The Morgan fingerprint density at radius 1 is 0.457 bits per heavy atom. The maximum Gasteiger partial charge on any atom is 0.187 e. The number of hydrogen-bond acceptors (Lipinski definition) is 21. The summed E-state index contributed by atoms with van der Waals surface area (Å²) in [4.78, 5) is 51.5. The number of aromatic nitrogens is 18. The van der Waals surface area contributed by atoms with Crippen LogP contribution < -0.4 is 17.2 Å². The quantitative estimate of drug-likeness (QED) is 0.103. The van der Waals surface area contributed by atoms with Gasteiger partial charge < -0.3 is 17.2 Å². The summed E-state index contributed by atoms with van der Waals surface area (Å²) in [6, 6.07) is 40.9. The van der Waals surface area contributed by atoms with E-state index in [1.807, 2.05) is 99.6 Å². The minimum absolute atomic E-state index is 0.141. The van der Waals surface area contributed by atoms with Crippen molar-refractivity contribution in [3.05, 3.63) is 217 Å². The second kappa shape index (κ2) is 26.2. The van der Waals surface area contributed by atoms with Crippen molar-refractivity contribution in [2.45, 2.75) is 38.2 Å². The van der Waals surface area contributed by atoms with Crippen LogP contribution in [0.3, 0.4) is 0 Å². The molecule has 94 heavy (non-hydrogen) atoms. The summed E-state index contributed by atoms with van der Waals surface area (Å²) in [5.41, 5.74) is 27.9. The highest BCUT2D eigenvalue weighted by molar-refractivity contribution is 6.21. The van der Waals surface area contributed by atoms with Gasteiger partial charge in [0, 0.05) is 51.4 Å². The number of pyridine rings is 6. The van der Waals surface area contributed by atoms with Crippen LogP contribution in [0.2, 0.25) is 0 Å². The highest BCUT2D eigenvalue weighted by atomic mass is 35.5. The Morgan fingerprint density at radius 3 is 1.21 bits per heavy atom. The minimum atomic E-state index is -0.426. The van der Waals surface area contributed by atoms with Crippen LogP contribution in [-0.2, 0) is 0 Å². The number of halogens is 4. The molecule has 15 rings (SSSR count). The Morgan fingerprint density at radius 2 is 0.840 bits per heavy atom. The molecular weight excluding hydrogens is 1220 g/mol. The lowest BCUT2D eigenvalue weighted by molar-refractivity contribution is 0.566. The van der Waals surface area contributed by atoms with E-state index in [9.17, 15) is 23.7 Å². The van der Waals surface area contributed by atoms with Gasteiger partial charge in [-0.15, -0.1) is 11.6 Å². The monoisotopic (exact) mass is 1270 g/mol. The van der Waals surface area contributed by atoms with E-state index in [-0.39, 0.29) is 51.7 Å². The first-order valence-corrected chi connectivity index (χ1v) is 28.9. The predicted octanol–water partition coefficient (Wildman–Crippen LogP) is 11.8. The molecular formula is C66H46ClF3N24. The van der Waals surface area contributed by atoms with E-state index in [0.717, 1.165) is 39.0 Å². The normalized spacial score (nSPS) is 12.0. The second-order valence-corrected chi connectivity index (χ2v) is 21.4. The van der Waals surface area contributed by atoms with Gasteiger partial charge in [0.15, 0.2) is 28.3 Å². The van der Waals surface area contributed by atoms with Crippen molar-refractivity contribution in [3.63, 3.8) is 0 Å². The number of nitriles is 3. The van der Waals surface area contributed by atoms with Gasteiger partial charge in [-0.05, 0) is 130 Å². The standard InChI is InChI=1S/2C22H15FN8.C16H12ClFN2.C6H4N6/c2*1-12(31-22-19(18(10-24)30-31)21(25)27-11-28-22)20-15(17-4-2-3-7-26-17)9-13-8-14(23)5-6-16(13)29-20;1-10(17)16-13(15-4-2-3-7-19-15)9-11-8-12(18)5-6-14(11)20-16;7-1-3-4-5(8)9-2-10-6(4)12-11-3/h2*2-9,11-12H,1H3,(H2,25,27,28);2-10H,1H3;2H,(H3,8,9,10,11,12)/t2*12-;;/m10../s1. The molecule has 3 atom stereocenters. The number of aromatic amines is 1. The van der Waals surface area contributed by atoms with Crippen molar-refractivity contribution < 1.29 is 13.2 Å². The summed E-state index contributed by atoms with van der Waals surface area (Å²) >= 11 is 6.23. The van der Waals surface area contributed by atoms with Gasteiger partial charge in [-0.2, -0.15) is 31.1 Å². The van der Waals surface area contributed by atoms with Gasteiger partial charge in [-0.1, -0.05) is 18.2 Å². The van der Waals surface area contributed by atoms with Crippen molar-refractivity contribution in [2.75, 3.05) is 17.2 Å². The molecule has 0 aliphatic carbocycles. The molecule has 0 fully saturated rings. The molecule has 7 N–H and O–H groups in total. The van der Waals surface area contributed by atoms with Crippen LogP contribution in [0.25, 0.3) is 99.6 Å². The average molecular weight is 1270 g/mol. The fraction of sp³-hybridized carbons (Fsp3) is 0.0909. The molecule has 12 heterocycles. The summed E-state index contributed by atoms with van der Waals surface area (Å²) in [6.45, 7) is 5.66. The van der Waals surface area contributed by atoms with E-state index < -0.39 is 12.1 Å². The lowest BCUT2D eigenvalue weighted by atomic mass is 10.0. The highest BCUT2D eigenvalue weighted by Crippen LogP contribution is 2.37. The molecule has 0 saturated carbocycles. The number of fused-ring (bicyclic) bond motifs is 6. The predicted molar refractivity (Wildman–Crippen MR) is 346 cm³/mol. The van der Waals surface area contributed by atoms with E-state index in [4.69, 9.17) is 44.0 Å². The van der Waals surface area contributed by atoms with Gasteiger partial charge in [0.1, 0.15) is 77.8 Å². The SMILES string of the molecule is CC(Cl)c1nc2ccc(F)cc2cc1-c1ccccn1.C[C@@H](c1nc2ccc(F)cc2cc1-c1ccccn1)n1nc(C#N)c2c(N)ncnc21.C[C@H](c1nc2ccc(F)cc2cc1-c1ccccn1)n1nc(C#N)c2c(N)ncnc21.N#Cc1[nH]nc2ncnc(N)c12. The largest absolute Gasteiger partial charge is 0.383 e. The van der Waals surface area contributed by atoms with E-state index in [1.54, 1.807) is 46.2 Å². The first kappa shape index (κ1) is 61.2. The molecule has 3 aromatic carbocycles. The van der Waals surface area contributed by atoms with Gasteiger partial charge in [0.05, 0.1) is 84.3 Å². The number of benzene rings is 3. The second-order valence-electron chi connectivity index (χ2n) is 20.8. The Balaban J connectivity index is 0.000000127. The number of nitrogens with two attached hydrogens (primary N) is 3. The van der Waals surface area contributed by atoms with Crippen LogP contribution in [0.15, 0.2) is 165 Å². The molecule has 458 valence electrons. The van der Waals surface area contributed by atoms with Crippen molar-refractivity contribution in [1.82, 2.24) is 89.6 Å². The zero-order chi connectivity index (χ0) is 65.7. The van der Waals surface area contributed by atoms with Crippen molar-refractivity contribution in [2.24, 2.45) is 0 Å². The summed E-state index contributed by atoms with van der Waals surface area (Å²) in [5.74, 6) is -0.320. The number of nitrogens with zero attached hydrogens (tertiary/aromatic N) is 20. The Hall–Kier alpha value is -13.1. The van der Waals surface area contributed by atoms with E-state index in [2.05, 4.69) is 82.4 Å². The van der Waals surface area contributed by atoms with Crippen LogP contribution in [0.5, 0.6) is 0 Å². The van der Waals surface area contributed by atoms with Crippen molar-refractivity contribution >= 4 is 94.9 Å². The number of alkyl halides is 1. The molecule has 12 aromatic heterocycles. The van der Waals surface area contributed by atoms with Crippen LogP contribution in [0.1, 0.15) is 72.4 Å². The molecule has 28 heteroatoms. The molecule has 24 nitrogen and oxygen atoms in total. The van der Waals surface area contributed by atoms with Crippen molar-refractivity contribution in [3.8, 4) is 52.0 Å². The number of H-pyrrole nitrogens is 1. The third-order valence-electron chi connectivity index (χ3n) is 14.9. The number of anilines is 3. The Kier molecular flexibility index (Phi) is 17.0. The molecule has 0 amide bonds.